The van der Waals surface area contributed by atoms with E-state index in [4.69, 9.17) is 4.74 Å². The lowest BCUT2D eigenvalue weighted by Crippen LogP contribution is -2.24. The van der Waals surface area contributed by atoms with Crippen LogP contribution in [0.1, 0.15) is 28.4 Å². The summed E-state index contributed by atoms with van der Waals surface area (Å²) in [6, 6.07) is 9.45. The number of rotatable bonds is 5. The van der Waals surface area contributed by atoms with Gasteiger partial charge in [-0.3, -0.25) is 9.78 Å². The van der Waals surface area contributed by atoms with Gasteiger partial charge >= 0.3 is 5.97 Å². The van der Waals surface area contributed by atoms with E-state index in [0.717, 1.165) is 5.56 Å². The van der Waals surface area contributed by atoms with Crippen molar-refractivity contribution in [1.82, 2.24) is 9.88 Å². The molecule has 1 aromatic heterocycles. The number of esters is 1. The number of carbonyl (C=O) groups is 3. The van der Waals surface area contributed by atoms with Gasteiger partial charge in [0.1, 0.15) is 0 Å². The van der Waals surface area contributed by atoms with Crippen molar-refractivity contribution in [3.05, 3.63) is 82.3 Å². The summed E-state index contributed by atoms with van der Waals surface area (Å²) in [4.78, 5) is 41.7. The van der Waals surface area contributed by atoms with E-state index < -0.39 is 11.9 Å². The molecule has 142 valence electrons. The number of methoxy groups -OCH3 is 1. The first-order valence-corrected chi connectivity index (χ1v) is 8.45. The fraction of sp³-hybridized carbons (Fsp3) is 0.143. The molecule has 0 aliphatic carbocycles. The van der Waals surface area contributed by atoms with Crippen LogP contribution in [0.3, 0.4) is 0 Å². The minimum absolute atomic E-state index is 0.0259. The molecular formula is C21H17N2O5-. The number of hydrogen-bond donors (Lipinski definition) is 0. The molecule has 1 aliphatic heterocycles. The maximum atomic E-state index is 13.0. The number of nitrogens with zero attached hydrogens (tertiary/aromatic N) is 2. The van der Waals surface area contributed by atoms with Crippen LogP contribution >= 0.6 is 0 Å². The van der Waals surface area contributed by atoms with Gasteiger partial charge in [-0.2, -0.15) is 0 Å². The molecule has 0 unspecified atom stereocenters. The largest absolute Gasteiger partial charge is 0.545 e. The summed E-state index contributed by atoms with van der Waals surface area (Å²) >= 11 is 0. The molecule has 0 bridgehead atoms. The Balaban J connectivity index is 2.00. The van der Waals surface area contributed by atoms with E-state index in [0.29, 0.717) is 11.3 Å². The first kappa shape index (κ1) is 19.0. The van der Waals surface area contributed by atoms with Crippen LogP contribution in [0.5, 0.6) is 0 Å². The van der Waals surface area contributed by atoms with Gasteiger partial charge in [0.2, 0.25) is 0 Å². The van der Waals surface area contributed by atoms with Crippen molar-refractivity contribution >= 4 is 23.9 Å². The highest BCUT2D eigenvalue weighted by Gasteiger charge is 2.36. The zero-order valence-electron chi connectivity index (χ0n) is 15.3. The third-order valence-electron chi connectivity index (χ3n) is 4.42. The van der Waals surface area contributed by atoms with Gasteiger partial charge in [-0.25, -0.2) is 4.79 Å². The lowest BCUT2D eigenvalue weighted by molar-refractivity contribution is -0.255. The number of allylic oxidation sites excluding steroid dienone is 1. The summed E-state index contributed by atoms with van der Waals surface area (Å²) in [6.07, 6.45) is 4.83. The molecule has 0 radical (unpaired) electrons. The standard InChI is InChI=1S/C21H18N2O5/c1-13-18(21(27)28-2)17(10-14-5-7-16(8-6-14)20(25)26)19(24)23(13)12-15-4-3-9-22-11-15/h3-11H,12H2,1-2H3,(H,25,26)/p-1. The Kier molecular flexibility index (Phi) is 5.35. The Morgan fingerprint density at radius 2 is 1.93 bits per heavy atom. The number of carbonyl (C=O) groups excluding carboxylic acids is 3. The van der Waals surface area contributed by atoms with Crippen LogP contribution in [-0.2, 0) is 20.9 Å². The average Bonchev–Trinajstić information content (AvgIpc) is 2.93. The van der Waals surface area contributed by atoms with Crippen LogP contribution in [-0.4, -0.2) is 34.8 Å². The number of aromatic nitrogens is 1. The van der Waals surface area contributed by atoms with Gasteiger partial charge in [-0.1, -0.05) is 30.3 Å². The maximum Gasteiger partial charge on any atom is 0.340 e. The molecule has 0 spiro atoms. The number of hydrogen-bond acceptors (Lipinski definition) is 6. The van der Waals surface area contributed by atoms with E-state index in [2.05, 4.69) is 4.98 Å². The fourth-order valence-electron chi connectivity index (χ4n) is 2.97. The Hall–Kier alpha value is -3.74. The van der Waals surface area contributed by atoms with Crippen molar-refractivity contribution in [3.8, 4) is 0 Å². The second-order valence-electron chi connectivity index (χ2n) is 6.17. The molecule has 2 heterocycles. The van der Waals surface area contributed by atoms with Gasteiger partial charge < -0.3 is 19.5 Å². The van der Waals surface area contributed by atoms with Crippen LogP contribution in [0.2, 0.25) is 0 Å². The van der Waals surface area contributed by atoms with Gasteiger partial charge in [-0.15, -0.1) is 0 Å². The summed E-state index contributed by atoms with van der Waals surface area (Å²) in [5.74, 6) is -2.24. The highest BCUT2D eigenvalue weighted by Crippen LogP contribution is 2.32. The minimum atomic E-state index is -1.29. The van der Waals surface area contributed by atoms with E-state index in [1.165, 1.54) is 24.1 Å². The van der Waals surface area contributed by atoms with Crippen LogP contribution < -0.4 is 5.11 Å². The molecule has 3 rings (SSSR count). The molecule has 0 saturated carbocycles. The van der Waals surface area contributed by atoms with E-state index >= 15 is 0 Å². The number of carboxylic acid groups (broad SMARTS) is 1. The third-order valence-corrected chi connectivity index (χ3v) is 4.42. The lowest BCUT2D eigenvalue weighted by atomic mass is 10.0. The van der Waals surface area contributed by atoms with Crippen molar-refractivity contribution in [2.45, 2.75) is 13.5 Å². The molecule has 7 heteroatoms. The molecule has 1 aromatic carbocycles. The van der Waals surface area contributed by atoms with Gasteiger partial charge in [-0.05, 0) is 35.8 Å². The van der Waals surface area contributed by atoms with Crippen molar-refractivity contribution in [2.24, 2.45) is 0 Å². The minimum Gasteiger partial charge on any atom is -0.545 e. The summed E-state index contributed by atoms with van der Waals surface area (Å²) < 4.78 is 4.86. The smallest absolute Gasteiger partial charge is 0.340 e. The molecular weight excluding hydrogens is 360 g/mol. The average molecular weight is 377 g/mol. The predicted octanol–water partition coefficient (Wildman–Crippen LogP) is 1.32. The van der Waals surface area contributed by atoms with Crippen LogP contribution in [0.25, 0.3) is 6.08 Å². The number of pyridine rings is 1. The van der Waals surface area contributed by atoms with Crippen molar-refractivity contribution in [3.63, 3.8) is 0 Å². The van der Waals surface area contributed by atoms with E-state index in [1.807, 2.05) is 6.07 Å². The SMILES string of the molecule is COC(=O)C1=C(C)N(Cc2cccnc2)C(=O)C1=Cc1ccc(C(=O)[O-])cc1. The molecule has 28 heavy (non-hydrogen) atoms. The van der Waals surface area contributed by atoms with Gasteiger partial charge in [0, 0.05) is 18.1 Å². The monoisotopic (exact) mass is 377 g/mol. The van der Waals surface area contributed by atoms with Crippen molar-refractivity contribution < 1.29 is 24.2 Å². The quantitative estimate of drug-likeness (QED) is 0.576. The summed E-state index contributed by atoms with van der Waals surface area (Å²) in [6.45, 7) is 1.94. The first-order chi connectivity index (χ1) is 13.4. The third kappa shape index (κ3) is 3.68. The number of carboxylic acids is 1. The number of ether oxygens (including phenoxy) is 1. The van der Waals surface area contributed by atoms with Crippen LogP contribution in [0.4, 0.5) is 0 Å². The Morgan fingerprint density at radius 3 is 2.50 bits per heavy atom. The van der Waals surface area contributed by atoms with E-state index in [-0.39, 0.29) is 29.2 Å². The number of benzene rings is 1. The normalized spacial score (nSPS) is 15.3. The fourth-order valence-corrected chi connectivity index (χ4v) is 2.97. The number of aromatic carboxylic acids is 1. The molecule has 1 aliphatic rings. The Morgan fingerprint density at radius 1 is 1.21 bits per heavy atom. The topological polar surface area (TPSA) is 99.6 Å². The molecule has 2 aromatic rings. The molecule has 0 atom stereocenters. The highest BCUT2D eigenvalue weighted by atomic mass is 16.5. The highest BCUT2D eigenvalue weighted by molar-refractivity contribution is 6.16. The van der Waals surface area contributed by atoms with Crippen molar-refractivity contribution in [2.75, 3.05) is 7.11 Å². The van der Waals surface area contributed by atoms with Gasteiger partial charge in [0.25, 0.3) is 5.91 Å². The Labute approximate surface area is 161 Å². The zero-order valence-corrected chi connectivity index (χ0v) is 15.3. The Bertz CT molecular complexity index is 991. The maximum absolute atomic E-state index is 13.0. The summed E-state index contributed by atoms with van der Waals surface area (Å²) in [5, 5.41) is 10.9. The van der Waals surface area contributed by atoms with E-state index in [1.54, 1.807) is 43.6 Å². The molecule has 0 N–H and O–H groups in total. The molecule has 0 saturated heterocycles. The second-order valence-corrected chi connectivity index (χ2v) is 6.17. The second kappa shape index (κ2) is 7.87. The molecule has 7 nitrogen and oxygen atoms in total. The predicted molar refractivity (Wildman–Crippen MR) is 98.3 cm³/mol. The van der Waals surface area contributed by atoms with Gasteiger partial charge in [0.05, 0.1) is 30.8 Å². The summed E-state index contributed by atoms with van der Waals surface area (Å²) in [7, 11) is 1.25. The summed E-state index contributed by atoms with van der Waals surface area (Å²) in [5.41, 5.74) is 2.27. The molecule has 0 fully saturated rings. The zero-order chi connectivity index (χ0) is 20.3. The van der Waals surface area contributed by atoms with Gasteiger partial charge in [0.15, 0.2) is 0 Å². The number of amides is 1. The van der Waals surface area contributed by atoms with Crippen molar-refractivity contribution in [1.29, 1.82) is 0 Å². The van der Waals surface area contributed by atoms with E-state index in [9.17, 15) is 19.5 Å². The lowest BCUT2D eigenvalue weighted by Gasteiger charge is -2.17. The molecule has 1 amide bonds. The first-order valence-electron chi connectivity index (χ1n) is 8.45. The van der Waals surface area contributed by atoms with Crippen LogP contribution in [0.15, 0.2) is 65.6 Å². The van der Waals surface area contributed by atoms with Crippen LogP contribution in [0, 0.1) is 0 Å².